The molecule has 2 aromatic carbocycles. The van der Waals surface area contributed by atoms with Crippen molar-refractivity contribution in [3.8, 4) is 0 Å². The number of nitrogens with zero attached hydrogens (tertiary/aromatic N) is 1. The van der Waals surface area contributed by atoms with Crippen molar-refractivity contribution in [2.75, 3.05) is 0 Å². The number of non-ortho nitro benzene ring substituents is 1. The summed E-state index contributed by atoms with van der Waals surface area (Å²) in [6.45, 7) is 0. The van der Waals surface area contributed by atoms with Crippen LogP contribution in [0.4, 0.5) is 5.69 Å². The molecule has 1 aromatic heterocycles. The number of fused-ring (bicyclic) bond motifs is 1. The van der Waals surface area contributed by atoms with Gasteiger partial charge in [0.1, 0.15) is 0 Å². The lowest BCUT2D eigenvalue weighted by Crippen LogP contribution is -2.14. The van der Waals surface area contributed by atoms with E-state index in [1.807, 2.05) is 0 Å². The number of hydrogen-bond acceptors (Lipinski definition) is 4. The van der Waals surface area contributed by atoms with Gasteiger partial charge in [0.15, 0.2) is 0 Å². The Balaban J connectivity index is 2.03. The minimum absolute atomic E-state index is 0.122. The molecule has 0 spiro atoms. The second kappa shape index (κ2) is 5.77. The number of ketones is 2. The predicted octanol–water partition coefficient (Wildman–Crippen LogP) is 3.90. The number of aromatic nitrogens is 1. The van der Waals surface area contributed by atoms with Gasteiger partial charge in [0.2, 0.25) is 11.6 Å². The monoisotopic (exact) mass is 372 g/mol. The Kier molecular flexibility index (Phi) is 3.79. The average Bonchev–Trinajstić information content (AvgIpc) is 2.97. The summed E-state index contributed by atoms with van der Waals surface area (Å²) in [5.41, 5.74) is 0.805. The summed E-state index contributed by atoms with van der Waals surface area (Å²) in [6, 6.07) is 10.6. The van der Waals surface area contributed by atoms with Gasteiger partial charge in [0.25, 0.3) is 5.69 Å². The topological polar surface area (TPSA) is 93.1 Å². The normalized spacial score (nSPS) is 10.7. The van der Waals surface area contributed by atoms with Crippen molar-refractivity contribution < 1.29 is 14.5 Å². The first-order valence-corrected chi connectivity index (χ1v) is 7.37. The van der Waals surface area contributed by atoms with Gasteiger partial charge in [-0.2, -0.15) is 0 Å². The van der Waals surface area contributed by atoms with Gasteiger partial charge in [0.05, 0.1) is 10.5 Å². The maximum atomic E-state index is 12.4. The maximum Gasteiger partial charge on any atom is 0.270 e. The fourth-order valence-corrected chi connectivity index (χ4v) is 2.53. The number of hydrogen-bond donors (Lipinski definition) is 1. The van der Waals surface area contributed by atoms with Crippen LogP contribution in [0.15, 0.2) is 53.1 Å². The van der Waals surface area contributed by atoms with E-state index in [9.17, 15) is 19.7 Å². The minimum atomic E-state index is -0.709. The number of rotatable bonds is 4. The number of halogens is 1. The Labute approximate surface area is 138 Å². The van der Waals surface area contributed by atoms with E-state index in [0.29, 0.717) is 10.9 Å². The van der Waals surface area contributed by atoms with Gasteiger partial charge in [-0.3, -0.25) is 19.7 Å². The SMILES string of the molecule is O=C(C(=O)c1c[nH]c2ccc([N+](=O)[O-])cc12)c1ccc(Br)cc1. The summed E-state index contributed by atoms with van der Waals surface area (Å²) in [5.74, 6) is -1.37. The number of nitro benzene ring substituents is 1. The van der Waals surface area contributed by atoms with Crippen LogP contribution in [0.5, 0.6) is 0 Å². The molecule has 7 heteroatoms. The molecule has 1 N–H and O–H groups in total. The van der Waals surface area contributed by atoms with Gasteiger partial charge >= 0.3 is 0 Å². The number of carbonyl (C=O) groups is 2. The highest BCUT2D eigenvalue weighted by molar-refractivity contribution is 9.10. The van der Waals surface area contributed by atoms with Crippen LogP contribution < -0.4 is 0 Å². The molecular weight excluding hydrogens is 364 g/mol. The van der Waals surface area contributed by atoms with Crippen LogP contribution in [0.25, 0.3) is 10.9 Å². The Morgan fingerprint density at radius 1 is 1.04 bits per heavy atom. The van der Waals surface area contributed by atoms with Gasteiger partial charge in [0, 0.05) is 39.3 Å². The predicted molar refractivity (Wildman–Crippen MR) is 87.8 cm³/mol. The van der Waals surface area contributed by atoms with Crippen LogP contribution in [0.2, 0.25) is 0 Å². The van der Waals surface area contributed by atoms with E-state index in [0.717, 1.165) is 4.47 Å². The van der Waals surface area contributed by atoms with E-state index < -0.39 is 16.5 Å². The molecule has 0 fully saturated rings. The van der Waals surface area contributed by atoms with Crippen molar-refractivity contribution in [2.45, 2.75) is 0 Å². The van der Waals surface area contributed by atoms with Gasteiger partial charge < -0.3 is 4.98 Å². The fourth-order valence-electron chi connectivity index (χ4n) is 2.26. The van der Waals surface area contributed by atoms with E-state index in [2.05, 4.69) is 20.9 Å². The van der Waals surface area contributed by atoms with Crippen molar-refractivity contribution in [2.24, 2.45) is 0 Å². The number of aromatic amines is 1. The van der Waals surface area contributed by atoms with Crippen molar-refractivity contribution in [1.82, 2.24) is 4.98 Å². The molecule has 0 aliphatic heterocycles. The number of H-pyrrole nitrogens is 1. The molecule has 1 heterocycles. The smallest absolute Gasteiger partial charge is 0.270 e. The molecule has 0 unspecified atom stereocenters. The van der Waals surface area contributed by atoms with Crippen LogP contribution in [-0.2, 0) is 0 Å². The molecule has 3 rings (SSSR count). The summed E-state index contributed by atoms with van der Waals surface area (Å²) < 4.78 is 0.796. The zero-order chi connectivity index (χ0) is 16.6. The molecule has 0 saturated carbocycles. The van der Waals surface area contributed by atoms with Gasteiger partial charge in [-0.25, -0.2) is 0 Å². The summed E-state index contributed by atoms with van der Waals surface area (Å²) in [5, 5.41) is 11.2. The Hall–Kier alpha value is -2.80. The molecule has 0 aliphatic rings. The fraction of sp³-hybridized carbons (Fsp3) is 0. The van der Waals surface area contributed by atoms with Crippen LogP contribution in [0.3, 0.4) is 0 Å². The first-order valence-electron chi connectivity index (χ1n) is 6.57. The molecule has 114 valence electrons. The standard InChI is InChI=1S/C16H9BrN2O4/c17-10-3-1-9(2-4-10)15(20)16(21)13-8-18-14-6-5-11(19(22)23)7-12(13)14/h1-8,18H. The highest BCUT2D eigenvalue weighted by atomic mass is 79.9. The van der Waals surface area contributed by atoms with E-state index in [4.69, 9.17) is 0 Å². The Bertz CT molecular complexity index is 944. The molecule has 0 aliphatic carbocycles. The maximum absolute atomic E-state index is 12.4. The molecular formula is C16H9BrN2O4. The average molecular weight is 373 g/mol. The Morgan fingerprint density at radius 3 is 2.39 bits per heavy atom. The third kappa shape index (κ3) is 2.78. The summed E-state index contributed by atoms with van der Waals surface area (Å²) in [6.07, 6.45) is 1.40. The number of benzene rings is 2. The number of nitro groups is 1. The van der Waals surface area contributed by atoms with E-state index in [1.165, 1.54) is 24.4 Å². The molecule has 0 amide bonds. The van der Waals surface area contributed by atoms with Crippen LogP contribution in [0.1, 0.15) is 20.7 Å². The highest BCUT2D eigenvalue weighted by Gasteiger charge is 2.22. The van der Waals surface area contributed by atoms with Gasteiger partial charge in [-0.1, -0.05) is 15.9 Å². The number of carbonyl (C=O) groups excluding carboxylic acids is 2. The first kappa shape index (κ1) is 15.1. The quantitative estimate of drug-likeness (QED) is 0.325. The third-order valence-corrected chi connectivity index (χ3v) is 3.96. The first-order chi connectivity index (χ1) is 11.0. The van der Waals surface area contributed by atoms with Crippen LogP contribution in [0, 0.1) is 10.1 Å². The minimum Gasteiger partial charge on any atom is -0.360 e. The van der Waals surface area contributed by atoms with Gasteiger partial charge in [-0.15, -0.1) is 0 Å². The van der Waals surface area contributed by atoms with E-state index in [1.54, 1.807) is 24.3 Å². The van der Waals surface area contributed by atoms with Crippen molar-refractivity contribution in [3.63, 3.8) is 0 Å². The lowest BCUT2D eigenvalue weighted by molar-refractivity contribution is -0.384. The highest BCUT2D eigenvalue weighted by Crippen LogP contribution is 2.25. The lowest BCUT2D eigenvalue weighted by atomic mass is 10.0. The zero-order valence-corrected chi connectivity index (χ0v) is 13.2. The zero-order valence-electron chi connectivity index (χ0n) is 11.6. The third-order valence-electron chi connectivity index (χ3n) is 3.43. The largest absolute Gasteiger partial charge is 0.360 e. The van der Waals surface area contributed by atoms with Crippen LogP contribution >= 0.6 is 15.9 Å². The van der Waals surface area contributed by atoms with Crippen LogP contribution in [-0.4, -0.2) is 21.5 Å². The van der Waals surface area contributed by atoms with Crippen molar-refractivity contribution in [1.29, 1.82) is 0 Å². The molecule has 0 bridgehead atoms. The Morgan fingerprint density at radius 2 is 1.74 bits per heavy atom. The summed E-state index contributed by atoms with van der Waals surface area (Å²) in [4.78, 5) is 37.9. The molecule has 23 heavy (non-hydrogen) atoms. The lowest BCUT2D eigenvalue weighted by Gasteiger charge is -2.00. The number of Topliss-reactive ketones (excluding diaryl/α,β-unsaturated/α-hetero) is 2. The number of nitrogens with one attached hydrogen (secondary N) is 1. The van der Waals surface area contributed by atoms with Crippen molar-refractivity contribution >= 4 is 44.1 Å². The van der Waals surface area contributed by atoms with E-state index >= 15 is 0 Å². The van der Waals surface area contributed by atoms with E-state index in [-0.39, 0.29) is 16.8 Å². The summed E-state index contributed by atoms with van der Waals surface area (Å²) >= 11 is 3.26. The molecule has 0 saturated heterocycles. The second-order valence-corrected chi connectivity index (χ2v) is 5.77. The molecule has 6 nitrogen and oxygen atoms in total. The summed E-state index contributed by atoms with van der Waals surface area (Å²) in [7, 11) is 0. The van der Waals surface area contributed by atoms with Crippen molar-refractivity contribution in [3.05, 3.63) is 74.4 Å². The molecule has 0 radical (unpaired) electrons. The second-order valence-electron chi connectivity index (χ2n) is 4.85. The molecule has 3 aromatic rings. The molecule has 0 atom stereocenters. The van der Waals surface area contributed by atoms with Gasteiger partial charge in [-0.05, 0) is 30.3 Å².